The first kappa shape index (κ1) is 13.6. The molecule has 2 rings (SSSR count). The van der Waals surface area contributed by atoms with E-state index in [1.54, 1.807) is 0 Å². The molecule has 2 nitrogen and oxygen atoms in total. The minimum atomic E-state index is -1.87. The average Bonchev–Trinajstić information content (AvgIpc) is 2.76. The molecule has 17 heavy (non-hydrogen) atoms. The van der Waals surface area contributed by atoms with Crippen molar-refractivity contribution >= 4 is 8.56 Å². The van der Waals surface area contributed by atoms with Crippen LogP contribution in [0.1, 0.15) is 58.3 Å². The molecule has 0 aromatic carbocycles. The van der Waals surface area contributed by atoms with Crippen molar-refractivity contribution in [3.05, 3.63) is 0 Å². The summed E-state index contributed by atoms with van der Waals surface area (Å²) in [5, 5.41) is 0. The normalized spacial score (nSPS) is 25.8. The van der Waals surface area contributed by atoms with Crippen molar-refractivity contribution in [1.82, 2.24) is 0 Å². The van der Waals surface area contributed by atoms with Crippen LogP contribution in [0.5, 0.6) is 0 Å². The third-order valence-electron chi connectivity index (χ3n) is 4.67. The predicted molar refractivity (Wildman–Crippen MR) is 73.4 cm³/mol. The van der Waals surface area contributed by atoms with Gasteiger partial charge in [0.05, 0.1) is 0 Å². The van der Waals surface area contributed by atoms with E-state index in [1.807, 2.05) is 0 Å². The van der Waals surface area contributed by atoms with E-state index in [2.05, 4.69) is 13.5 Å². The highest BCUT2D eigenvalue weighted by Crippen LogP contribution is 2.40. The van der Waals surface area contributed by atoms with Crippen molar-refractivity contribution < 1.29 is 8.85 Å². The molecule has 0 amide bonds. The fourth-order valence-electron chi connectivity index (χ4n) is 3.22. The molecule has 0 bridgehead atoms. The van der Waals surface area contributed by atoms with Crippen molar-refractivity contribution in [3.63, 3.8) is 0 Å². The summed E-state index contributed by atoms with van der Waals surface area (Å²) in [7, 11) is -1.87. The highest BCUT2D eigenvalue weighted by molar-refractivity contribution is 6.67. The lowest BCUT2D eigenvalue weighted by atomic mass is 9.83. The maximum atomic E-state index is 6.28. The molecule has 2 fully saturated rings. The standard InChI is InChI=1S/C14H28O2Si/c1-3-15-17(2,14-9-4-5-10-14)16-12-11-13-7-6-8-13/h13-14H,3-12H2,1-2H3. The molecule has 0 radical (unpaired) electrons. The molecule has 3 heteroatoms. The summed E-state index contributed by atoms with van der Waals surface area (Å²) >= 11 is 0. The number of hydrogen-bond acceptors (Lipinski definition) is 2. The number of hydrogen-bond donors (Lipinski definition) is 0. The minimum absolute atomic E-state index is 0.754. The van der Waals surface area contributed by atoms with Gasteiger partial charge in [-0.25, -0.2) is 0 Å². The molecule has 0 heterocycles. The predicted octanol–water partition coefficient (Wildman–Crippen LogP) is 4.25. The summed E-state index contributed by atoms with van der Waals surface area (Å²) in [4.78, 5) is 0. The molecular weight excluding hydrogens is 228 g/mol. The summed E-state index contributed by atoms with van der Waals surface area (Å²) < 4.78 is 12.3. The highest BCUT2D eigenvalue weighted by atomic mass is 28.4. The molecule has 1 atom stereocenters. The smallest absolute Gasteiger partial charge is 0.338 e. The van der Waals surface area contributed by atoms with Crippen molar-refractivity contribution in [2.75, 3.05) is 13.2 Å². The van der Waals surface area contributed by atoms with Crippen LogP contribution in [-0.4, -0.2) is 21.8 Å². The average molecular weight is 256 g/mol. The maximum Gasteiger partial charge on any atom is 0.338 e. The zero-order valence-corrected chi connectivity index (χ0v) is 12.5. The Morgan fingerprint density at radius 3 is 2.24 bits per heavy atom. The third kappa shape index (κ3) is 3.55. The zero-order chi connectivity index (χ0) is 12.1. The van der Waals surface area contributed by atoms with Gasteiger partial charge in [0.25, 0.3) is 0 Å². The van der Waals surface area contributed by atoms with Gasteiger partial charge in [-0.1, -0.05) is 32.1 Å². The van der Waals surface area contributed by atoms with Gasteiger partial charge in [-0.2, -0.15) is 0 Å². The molecule has 2 saturated carbocycles. The minimum Gasteiger partial charge on any atom is -0.394 e. The van der Waals surface area contributed by atoms with Crippen molar-refractivity contribution in [1.29, 1.82) is 0 Å². The molecule has 0 aromatic rings. The molecule has 0 N–H and O–H groups in total. The van der Waals surface area contributed by atoms with Gasteiger partial charge >= 0.3 is 8.56 Å². The van der Waals surface area contributed by atoms with Crippen molar-refractivity contribution in [3.8, 4) is 0 Å². The van der Waals surface area contributed by atoms with Gasteiger partial charge in [0.2, 0.25) is 0 Å². The quantitative estimate of drug-likeness (QED) is 0.634. The van der Waals surface area contributed by atoms with Crippen LogP contribution >= 0.6 is 0 Å². The van der Waals surface area contributed by atoms with Gasteiger partial charge in [-0.15, -0.1) is 0 Å². The van der Waals surface area contributed by atoms with Gasteiger partial charge < -0.3 is 8.85 Å². The lowest BCUT2D eigenvalue weighted by molar-refractivity contribution is 0.147. The topological polar surface area (TPSA) is 18.5 Å². The Kier molecular flexibility index (Phi) is 5.06. The van der Waals surface area contributed by atoms with E-state index in [9.17, 15) is 0 Å². The van der Waals surface area contributed by atoms with Crippen LogP contribution < -0.4 is 0 Å². The lowest BCUT2D eigenvalue weighted by Gasteiger charge is -2.33. The molecule has 1 unspecified atom stereocenters. The summed E-state index contributed by atoms with van der Waals surface area (Å²) in [5.74, 6) is 0.957. The fourth-order valence-corrected chi connectivity index (χ4v) is 6.33. The highest BCUT2D eigenvalue weighted by Gasteiger charge is 2.42. The van der Waals surface area contributed by atoms with E-state index in [0.29, 0.717) is 0 Å². The summed E-state index contributed by atoms with van der Waals surface area (Å²) in [6.45, 7) is 6.18. The molecule has 2 aliphatic carbocycles. The van der Waals surface area contributed by atoms with E-state index in [0.717, 1.165) is 24.7 Å². The Bertz CT molecular complexity index is 224. The maximum absolute atomic E-state index is 6.28. The third-order valence-corrected chi connectivity index (χ3v) is 8.37. The molecule has 0 aliphatic heterocycles. The molecule has 2 aliphatic rings. The largest absolute Gasteiger partial charge is 0.394 e. The lowest BCUT2D eigenvalue weighted by Crippen LogP contribution is -2.43. The van der Waals surface area contributed by atoms with Gasteiger partial charge in [0.1, 0.15) is 0 Å². The van der Waals surface area contributed by atoms with Crippen LogP contribution in [0.25, 0.3) is 0 Å². The summed E-state index contributed by atoms with van der Waals surface area (Å²) in [6.07, 6.45) is 11.0. The Morgan fingerprint density at radius 1 is 1.00 bits per heavy atom. The van der Waals surface area contributed by atoms with Gasteiger partial charge in [-0.3, -0.25) is 0 Å². The molecular formula is C14H28O2Si. The van der Waals surface area contributed by atoms with Crippen LogP contribution in [0.3, 0.4) is 0 Å². The van der Waals surface area contributed by atoms with E-state index < -0.39 is 8.56 Å². The van der Waals surface area contributed by atoms with Gasteiger partial charge in [-0.05, 0) is 38.7 Å². The first-order valence-corrected chi connectivity index (χ1v) is 9.92. The SMILES string of the molecule is CCO[Si](C)(OCCC1CCC1)C1CCCC1. The van der Waals surface area contributed by atoms with Crippen LogP contribution in [0.4, 0.5) is 0 Å². The van der Waals surface area contributed by atoms with E-state index in [-0.39, 0.29) is 0 Å². The zero-order valence-electron chi connectivity index (χ0n) is 11.5. The molecule has 0 aromatic heterocycles. The first-order chi connectivity index (χ1) is 8.24. The molecule has 0 spiro atoms. The van der Waals surface area contributed by atoms with Crippen molar-refractivity contribution in [2.24, 2.45) is 5.92 Å². The fraction of sp³-hybridized carbons (Fsp3) is 1.00. The molecule has 0 saturated heterocycles. The molecule has 100 valence electrons. The second-order valence-corrected chi connectivity index (χ2v) is 9.29. The Morgan fingerprint density at radius 2 is 1.71 bits per heavy atom. The first-order valence-electron chi connectivity index (χ1n) is 7.52. The van der Waals surface area contributed by atoms with Crippen LogP contribution in [-0.2, 0) is 8.85 Å². The van der Waals surface area contributed by atoms with Crippen molar-refractivity contribution in [2.45, 2.75) is 70.4 Å². The van der Waals surface area contributed by atoms with Crippen LogP contribution in [0.2, 0.25) is 12.1 Å². The summed E-state index contributed by atoms with van der Waals surface area (Å²) in [6, 6.07) is 0. The Balaban J connectivity index is 1.77. The summed E-state index contributed by atoms with van der Waals surface area (Å²) in [5.41, 5.74) is 0.754. The van der Waals surface area contributed by atoms with E-state index in [4.69, 9.17) is 8.85 Å². The second kappa shape index (κ2) is 6.35. The van der Waals surface area contributed by atoms with E-state index in [1.165, 1.54) is 51.4 Å². The monoisotopic (exact) mass is 256 g/mol. The van der Waals surface area contributed by atoms with E-state index >= 15 is 0 Å². The Hall–Kier alpha value is 0.137. The van der Waals surface area contributed by atoms with Crippen LogP contribution in [0, 0.1) is 5.92 Å². The van der Waals surface area contributed by atoms with Crippen LogP contribution in [0.15, 0.2) is 0 Å². The van der Waals surface area contributed by atoms with Gasteiger partial charge in [0.15, 0.2) is 0 Å². The van der Waals surface area contributed by atoms with Gasteiger partial charge in [0, 0.05) is 18.8 Å². The second-order valence-electron chi connectivity index (χ2n) is 5.86. The Labute approximate surface area is 107 Å². The number of rotatable bonds is 7.